The molecule has 0 aliphatic carbocycles. The normalized spacial score (nSPS) is 11.1. The van der Waals surface area contributed by atoms with Crippen molar-refractivity contribution in [1.29, 1.82) is 0 Å². The molecule has 0 saturated carbocycles. The Morgan fingerprint density at radius 1 is 0.190 bits per heavy atom. The van der Waals surface area contributed by atoms with Crippen LogP contribution in [0, 0.1) is 0 Å². The molecule has 0 saturated heterocycles. The van der Waals surface area contributed by atoms with Gasteiger partial charge in [0.1, 0.15) is 0 Å². The molecule has 9 aromatic carbocycles. The number of rotatable bonds is 12. The van der Waals surface area contributed by atoms with Crippen molar-refractivity contribution in [2.24, 2.45) is 0 Å². The van der Waals surface area contributed by atoms with Gasteiger partial charge in [-0.1, -0.05) is 245 Å². The minimum atomic E-state index is -0.729. The molecule has 0 aromatic heterocycles. The molecule has 278 valence electrons. The third kappa shape index (κ3) is 8.12. The van der Waals surface area contributed by atoms with Crippen LogP contribution in [0.1, 0.15) is 16.7 Å². The Hall–Kier alpha value is -6.59. The first-order valence-electron chi connectivity index (χ1n) is 20.2. The van der Waals surface area contributed by atoms with Crippen molar-refractivity contribution < 1.29 is 0 Å². The number of hydrogen-bond acceptors (Lipinski definition) is 0. The average Bonchev–Trinajstić information content (AvgIpc) is 3.31. The van der Waals surface area contributed by atoms with Crippen molar-refractivity contribution in [1.82, 2.24) is 0 Å². The fraction of sp³-hybridized carbons (Fsp3) is 0.0526. The fourth-order valence-electron chi connectivity index (χ4n) is 8.44. The van der Waals surface area contributed by atoms with Gasteiger partial charge >= 0.3 is 0 Å². The third-order valence-electron chi connectivity index (χ3n) is 11.2. The highest BCUT2D eigenvalue weighted by Gasteiger charge is 2.24. The highest BCUT2D eigenvalue weighted by atomic mass is 31.1. The van der Waals surface area contributed by atoms with Crippen LogP contribution in [0.3, 0.4) is 0 Å². The molecule has 0 bridgehead atoms. The Morgan fingerprint density at radius 3 is 0.534 bits per heavy atom. The van der Waals surface area contributed by atoms with E-state index in [-0.39, 0.29) is 0 Å². The van der Waals surface area contributed by atoms with Gasteiger partial charge in [0.25, 0.3) is 0 Å². The Balaban J connectivity index is 1.28. The van der Waals surface area contributed by atoms with Gasteiger partial charge in [0, 0.05) is 0 Å². The van der Waals surface area contributed by atoms with Crippen LogP contribution in [-0.4, -0.2) is 0 Å². The van der Waals surface area contributed by atoms with E-state index >= 15 is 0 Å². The maximum Gasteiger partial charge on any atom is -0.00548 e. The second kappa shape index (κ2) is 17.7. The zero-order chi connectivity index (χ0) is 38.9. The van der Waals surface area contributed by atoms with Crippen LogP contribution in [0.2, 0.25) is 0 Å². The summed E-state index contributed by atoms with van der Waals surface area (Å²) in [5, 5.41) is 0. The summed E-state index contributed by atoms with van der Waals surface area (Å²) in [6.45, 7) is 0. The van der Waals surface area contributed by atoms with Crippen LogP contribution in [-0.2, 0) is 18.5 Å². The van der Waals surface area contributed by atoms with E-state index in [0.29, 0.717) is 0 Å². The predicted molar refractivity (Wildman–Crippen MR) is 250 cm³/mol. The van der Waals surface area contributed by atoms with Crippen LogP contribution in [0.15, 0.2) is 237 Å². The molecule has 0 N–H and O–H groups in total. The summed E-state index contributed by atoms with van der Waals surface area (Å²) in [6.07, 6.45) is 2.87. The largest absolute Gasteiger partial charge is 0.0931 e. The molecule has 9 rings (SSSR count). The number of hydrogen-bond donors (Lipinski definition) is 0. The Morgan fingerprint density at radius 2 is 0.362 bits per heavy atom. The SMILES string of the molecule is c1ccc(-c2cccc(-c3ccccc3)c2CP(Cc2c(-c3ccccc3)cccc2-c2ccccc2)Cc2c(-c3ccccc3)cccc2-c2ccccc2)cc1. The lowest BCUT2D eigenvalue weighted by Gasteiger charge is -2.27. The predicted octanol–water partition coefficient (Wildman–Crippen LogP) is 16.1. The molecule has 9 aromatic rings. The first kappa shape index (κ1) is 37.0. The maximum absolute atomic E-state index is 2.34. The Bertz CT molecular complexity index is 2230. The molecule has 0 aliphatic heterocycles. The fourth-order valence-corrected chi connectivity index (χ4v) is 11.1. The van der Waals surface area contributed by atoms with E-state index in [1.165, 1.54) is 83.5 Å². The van der Waals surface area contributed by atoms with Gasteiger partial charge in [-0.3, -0.25) is 0 Å². The summed E-state index contributed by atoms with van der Waals surface area (Å²) in [5.74, 6) is 0. The molecular formula is C57H45P. The van der Waals surface area contributed by atoms with E-state index in [4.69, 9.17) is 0 Å². The molecule has 0 heterocycles. The summed E-state index contributed by atoms with van der Waals surface area (Å²) in [5.41, 5.74) is 19.7. The van der Waals surface area contributed by atoms with E-state index in [1.807, 2.05) is 0 Å². The van der Waals surface area contributed by atoms with Gasteiger partial charge in [0.2, 0.25) is 0 Å². The van der Waals surface area contributed by atoms with Crippen molar-refractivity contribution in [2.45, 2.75) is 18.5 Å². The van der Waals surface area contributed by atoms with Crippen LogP contribution in [0.4, 0.5) is 0 Å². The molecule has 0 spiro atoms. The van der Waals surface area contributed by atoms with E-state index in [2.05, 4.69) is 237 Å². The molecule has 0 atom stereocenters. The van der Waals surface area contributed by atoms with Gasteiger partial charge in [0.05, 0.1) is 0 Å². The second-order valence-corrected chi connectivity index (χ2v) is 17.1. The molecule has 1 heteroatoms. The van der Waals surface area contributed by atoms with Gasteiger partial charge in [0.15, 0.2) is 0 Å². The standard InChI is InChI=1S/C57H45P/c1-7-22-43(23-8-1)49-34-19-35-50(44-24-9-2-10-25-44)55(49)40-58(41-56-51(45-26-11-3-12-27-45)36-20-37-52(56)46-28-13-4-14-29-46)42-57-53(47-30-15-5-16-31-47)38-21-39-54(57)48-32-17-6-18-33-48/h1-39H,40-42H2. The minimum absolute atomic E-state index is 0.729. The molecule has 0 unspecified atom stereocenters. The van der Waals surface area contributed by atoms with E-state index < -0.39 is 7.92 Å². The Labute approximate surface area is 344 Å². The molecule has 58 heavy (non-hydrogen) atoms. The van der Waals surface area contributed by atoms with Crippen molar-refractivity contribution in [3.8, 4) is 66.8 Å². The van der Waals surface area contributed by atoms with Gasteiger partial charge in [-0.05, 0) is 102 Å². The molecule has 0 radical (unpaired) electrons. The van der Waals surface area contributed by atoms with Gasteiger partial charge < -0.3 is 0 Å². The summed E-state index contributed by atoms with van der Waals surface area (Å²) < 4.78 is 0. The Kier molecular flexibility index (Phi) is 11.3. The van der Waals surface area contributed by atoms with E-state index in [1.54, 1.807) is 0 Å². The van der Waals surface area contributed by atoms with E-state index in [0.717, 1.165) is 18.5 Å². The molecule has 0 fully saturated rings. The van der Waals surface area contributed by atoms with Crippen molar-refractivity contribution >= 4 is 7.92 Å². The third-order valence-corrected chi connectivity index (χ3v) is 13.5. The van der Waals surface area contributed by atoms with Crippen LogP contribution >= 0.6 is 7.92 Å². The summed E-state index contributed by atoms with van der Waals surface area (Å²) in [6, 6.07) is 86.7. The monoisotopic (exact) mass is 760 g/mol. The van der Waals surface area contributed by atoms with Crippen molar-refractivity contribution in [3.63, 3.8) is 0 Å². The van der Waals surface area contributed by atoms with Crippen molar-refractivity contribution in [3.05, 3.63) is 253 Å². The lowest BCUT2D eigenvalue weighted by molar-refractivity contribution is 1.26. The topological polar surface area (TPSA) is 0 Å². The minimum Gasteiger partial charge on any atom is -0.0931 e. The number of benzene rings is 9. The average molecular weight is 761 g/mol. The summed E-state index contributed by atoms with van der Waals surface area (Å²) >= 11 is 0. The maximum atomic E-state index is 2.34. The van der Waals surface area contributed by atoms with E-state index in [9.17, 15) is 0 Å². The smallest absolute Gasteiger partial charge is 0.00548 e. The van der Waals surface area contributed by atoms with Gasteiger partial charge in [-0.2, -0.15) is 0 Å². The quantitative estimate of drug-likeness (QED) is 0.109. The summed E-state index contributed by atoms with van der Waals surface area (Å²) in [7, 11) is -0.729. The van der Waals surface area contributed by atoms with Gasteiger partial charge in [-0.15, -0.1) is 0 Å². The zero-order valence-corrected chi connectivity index (χ0v) is 33.5. The van der Waals surface area contributed by atoms with Crippen molar-refractivity contribution in [2.75, 3.05) is 0 Å². The first-order chi connectivity index (χ1) is 28.8. The molecule has 0 nitrogen and oxygen atoms in total. The van der Waals surface area contributed by atoms with Crippen LogP contribution in [0.5, 0.6) is 0 Å². The molecule has 0 aliphatic rings. The molecule has 0 amide bonds. The zero-order valence-electron chi connectivity index (χ0n) is 32.6. The first-order valence-corrected chi connectivity index (χ1v) is 22.1. The lowest BCUT2D eigenvalue weighted by atomic mass is 9.92. The summed E-state index contributed by atoms with van der Waals surface area (Å²) in [4.78, 5) is 0. The van der Waals surface area contributed by atoms with Crippen LogP contribution < -0.4 is 0 Å². The highest BCUT2D eigenvalue weighted by molar-refractivity contribution is 7.55. The molecular weight excluding hydrogens is 716 g/mol. The second-order valence-electron chi connectivity index (χ2n) is 14.8. The lowest BCUT2D eigenvalue weighted by Crippen LogP contribution is -2.02. The highest BCUT2D eigenvalue weighted by Crippen LogP contribution is 2.54. The van der Waals surface area contributed by atoms with Gasteiger partial charge in [-0.25, -0.2) is 0 Å². The van der Waals surface area contributed by atoms with Crippen LogP contribution in [0.25, 0.3) is 66.8 Å².